The fourth-order valence-electron chi connectivity index (χ4n) is 2.31. The first-order valence-electron chi connectivity index (χ1n) is 6.86. The smallest absolute Gasteiger partial charge is 0.326 e. The monoisotopic (exact) mass is 288 g/mol. The van der Waals surface area contributed by atoms with Gasteiger partial charge in [-0.15, -0.1) is 0 Å². The molecule has 0 aliphatic heterocycles. The van der Waals surface area contributed by atoms with Crippen LogP contribution < -0.4 is 5.32 Å². The van der Waals surface area contributed by atoms with Gasteiger partial charge in [-0.1, -0.05) is 39.0 Å². The largest absolute Gasteiger partial charge is 0.480 e. The van der Waals surface area contributed by atoms with Crippen molar-refractivity contribution in [3.63, 3.8) is 0 Å². The molecule has 112 valence electrons. The minimum atomic E-state index is -1.02. The Bertz CT molecular complexity index is 667. The van der Waals surface area contributed by atoms with E-state index in [1.807, 2.05) is 24.3 Å². The Balaban J connectivity index is 2.13. The van der Waals surface area contributed by atoms with Crippen molar-refractivity contribution in [3.8, 4) is 0 Å². The topological polar surface area (TPSA) is 82.2 Å². The van der Waals surface area contributed by atoms with E-state index in [2.05, 4.69) is 10.3 Å². The number of aromatic amines is 1. The van der Waals surface area contributed by atoms with Gasteiger partial charge >= 0.3 is 5.97 Å². The fourth-order valence-corrected chi connectivity index (χ4v) is 2.31. The molecule has 0 aliphatic carbocycles. The lowest BCUT2D eigenvalue weighted by atomic mass is 9.86. The first-order chi connectivity index (χ1) is 9.79. The molecule has 0 spiro atoms. The van der Waals surface area contributed by atoms with Crippen molar-refractivity contribution in [2.75, 3.05) is 0 Å². The fraction of sp³-hybridized carbons (Fsp3) is 0.375. The molecule has 1 heterocycles. The number of carboxylic acid groups (broad SMARTS) is 1. The van der Waals surface area contributed by atoms with E-state index in [1.54, 1.807) is 27.0 Å². The molecule has 2 aromatic rings. The van der Waals surface area contributed by atoms with Crippen LogP contribution in [0.15, 0.2) is 30.5 Å². The van der Waals surface area contributed by atoms with Gasteiger partial charge in [-0.05, 0) is 17.0 Å². The summed E-state index contributed by atoms with van der Waals surface area (Å²) in [6, 6.07) is 6.80. The molecule has 2 rings (SSSR count). The zero-order valence-electron chi connectivity index (χ0n) is 12.4. The van der Waals surface area contributed by atoms with Crippen molar-refractivity contribution in [3.05, 3.63) is 36.0 Å². The number of H-pyrrole nitrogens is 1. The number of fused-ring (bicyclic) bond motifs is 1. The van der Waals surface area contributed by atoms with Crippen molar-refractivity contribution in [2.45, 2.75) is 33.2 Å². The highest BCUT2D eigenvalue weighted by atomic mass is 16.4. The number of aliphatic carboxylic acids is 1. The van der Waals surface area contributed by atoms with E-state index >= 15 is 0 Å². The summed E-state index contributed by atoms with van der Waals surface area (Å²) in [6.07, 6.45) is 1.95. The maximum absolute atomic E-state index is 12.1. The highest BCUT2D eigenvalue weighted by Crippen LogP contribution is 2.21. The number of carbonyl (C=O) groups excluding carboxylic acids is 1. The van der Waals surface area contributed by atoms with Crippen LogP contribution in [0.1, 0.15) is 26.3 Å². The lowest BCUT2D eigenvalue weighted by Crippen LogP contribution is -2.49. The number of nitrogens with one attached hydrogen (secondary N) is 2. The second kappa shape index (κ2) is 5.60. The van der Waals surface area contributed by atoms with Gasteiger partial charge in [-0.3, -0.25) is 4.79 Å². The zero-order chi connectivity index (χ0) is 15.6. The SMILES string of the molecule is CC(C)(C)[C@H](NC(=O)Cc1c[nH]c2ccccc12)C(=O)O. The highest BCUT2D eigenvalue weighted by Gasteiger charge is 2.32. The molecule has 1 atom stereocenters. The van der Waals surface area contributed by atoms with E-state index in [0.717, 1.165) is 16.5 Å². The highest BCUT2D eigenvalue weighted by molar-refractivity contribution is 5.90. The van der Waals surface area contributed by atoms with Crippen molar-refractivity contribution in [2.24, 2.45) is 5.41 Å². The average molecular weight is 288 g/mol. The van der Waals surface area contributed by atoms with Crippen LogP contribution in [0.2, 0.25) is 0 Å². The van der Waals surface area contributed by atoms with Gasteiger partial charge in [0.2, 0.25) is 5.91 Å². The molecule has 1 aromatic heterocycles. The number of hydrogen-bond donors (Lipinski definition) is 3. The van der Waals surface area contributed by atoms with Crippen molar-refractivity contribution < 1.29 is 14.7 Å². The van der Waals surface area contributed by atoms with E-state index in [9.17, 15) is 14.7 Å². The summed E-state index contributed by atoms with van der Waals surface area (Å²) in [5.74, 6) is -1.31. The van der Waals surface area contributed by atoms with E-state index in [4.69, 9.17) is 0 Å². The molecule has 0 saturated heterocycles. The van der Waals surface area contributed by atoms with Crippen LogP contribution in [-0.2, 0) is 16.0 Å². The van der Waals surface area contributed by atoms with Gasteiger partial charge in [-0.25, -0.2) is 4.79 Å². The summed E-state index contributed by atoms with van der Waals surface area (Å²) >= 11 is 0. The van der Waals surface area contributed by atoms with Gasteiger partial charge in [0.25, 0.3) is 0 Å². The van der Waals surface area contributed by atoms with Gasteiger partial charge in [0.05, 0.1) is 6.42 Å². The zero-order valence-corrected chi connectivity index (χ0v) is 12.4. The van der Waals surface area contributed by atoms with Gasteiger partial charge in [-0.2, -0.15) is 0 Å². The van der Waals surface area contributed by atoms with Gasteiger partial charge in [0, 0.05) is 17.1 Å². The van der Waals surface area contributed by atoms with E-state index in [0.29, 0.717) is 0 Å². The van der Waals surface area contributed by atoms with Gasteiger partial charge in [0.1, 0.15) is 6.04 Å². The Morgan fingerprint density at radius 2 is 1.95 bits per heavy atom. The molecular weight excluding hydrogens is 268 g/mol. The Kier molecular flexibility index (Phi) is 4.02. The number of carboxylic acids is 1. The summed E-state index contributed by atoms with van der Waals surface area (Å²) < 4.78 is 0. The third kappa shape index (κ3) is 3.42. The number of rotatable bonds is 4. The Labute approximate surface area is 123 Å². The summed E-state index contributed by atoms with van der Waals surface area (Å²) in [4.78, 5) is 26.5. The number of carbonyl (C=O) groups is 2. The second-order valence-electron chi connectivity index (χ2n) is 6.24. The van der Waals surface area contributed by atoms with Crippen LogP contribution in [0, 0.1) is 5.41 Å². The van der Waals surface area contributed by atoms with Crippen LogP contribution in [0.5, 0.6) is 0 Å². The van der Waals surface area contributed by atoms with Crippen LogP contribution >= 0.6 is 0 Å². The van der Waals surface area contributed by atoms with Crippen LogP contribution in [0.25, 0.3) is 10.9 Å². The first kappa shape index (κ1) is 15.1. The summed E-state index contributed by atoms with van der Waals surface area (Å²) in [5.41, 5.74) is 1.29. The maximum atomic E-state index is 12.1. The number of benzene rings is 1. The molecule has 0 unspecified atom stereocenters. The number of para-hydroxylation sites is 1. The Morgan fingerprint density at radius 1 is 1.29 bits per heavy atom. The molecule has 0 saturated carbocycles. The molecule has 3 N–H and O–H groups in total. The first-order valence-corrected chi connectivity index (χ1v) is 6.86. The van der Waals surface area contributed by atoms with Crippen molar-refractivity contribution >= 4 is 22.8 Å². The minimum Gasteiger partial charge on any atom is -0.480 e. The molecule has 21 heavy (non-hydrogen) atoms. The van der Waals surface area contributed by atoms with Gasteiger partial charge < -0.3 is 15.4 Å². The quantitative estimate of drug-likeness (QED) is 0.807. The standard InChI is InChI=1S/C16H20N2O3/c1-16(2,3)14(15(20)21)18-13(19)8-10-9-17-12-7-5-4-6-11(10)12/h4-7,9,14,17H,8H2,1-3H3,(H,18,19)(H,20,21)/t14-/m1/s1. The lowest BCUT2D eigenvalue weighted by molar-refractivity contribution is -0.144. The van der Waals surface area contributed by atoms with E-state index < -0.39 is 17.4 Å². The molecule has 5 nitrogen and oxygen atoms in total. The molecule has 0 fully saturated rings. The second-order valence-corrected chi connectivity index (χ2v) is 6.24. The number of hydrogen-bond acceptors (Lipinski definition) is 2. The summed E-state index contributed by atoms with van der Waals surface area (Å²) in [6.45, 7) is 5.37. The molecule has 1 amide bonds. The summed E-state index contributed by atoms with van der Waals surface area (Å²) in [7, 11) is 0. The Morgan fingerprint density at radius 3 is 2.57 bits per heavy atom. The molecular formula is C16H20N2O3. The van der Waals surface area contributed by atoms with Crippen LogP contribution in [0.4, 0.5) is 0 Å². The molecule has 0 aliphatic rings. The van der Waals surface area contributed by atoms with Crippen molar-refractivity contribution in [1.82, 2.24) is 10.3 Å². The van der Waals surface area contributed by atoms with Crippen molar-refractivity contribution in [1.29, 1.82) is 0 Å². The maximum Gasteiger partial charge on any atom is 0.326 e. The predicted octanol–water partition coefficient (Wildman–Crippen LogP) is 2.33. The normalized spacial score (nSPS) is 13.1. The number of amides is 1. The Hall–Kier alpha value is -2.30. The average Bonchev–Trinajstić information content (AvgIpc) is 2.78. The third-order valence-electron chi connectivity index (χ3n) is 3.44. The van der Waals surface area contributed by atoms with E-state index in [1.165, 1.54) is 0 Å². The van der Waals surface area contributed by atoms with E-state index in [-0.39, 0.29) is 12.3 Å². The lowest BCUT2D eigenvalue weighted by Gasteiger charge is -2.27. The molecule has 0 bridgehead atoms. The number of aromatic nitrogens is 1. The molecule has 0 radical (unpaired) electrons. The van der Waals surface area contributed by atoms with Crippen LogP contribution in [0.3, 0.4) is 0 Å². The third-order valence-corrected chi connectivity index (χ3v) is 3.44. The van der Waals surface area contributed by atoms with Crippen LogP contribution in [-0.4, -0.2) is 28.0 Å². The summed E-state index contributed by atoms with van der Waals surface area (Å²) in [5, 5.41) is 12.8. The van der Waals surface area contributed by atoms with Gasteiger partial charge in [0.15, 0.2) is 0 Å². The molecule has 1 aromatic carbocycles. The minimum absolute atomic E-state index is 0.157. The molecule has 5 heteroatoms. The predicted molar refractivity (Wildman–Crippen MR) is 81.0 cm³/mol.